The summed E-state index contributed by atoms with van der Waals surface area (Å²) in [6, 6.07) is 6.94. The first-order valence-corrected chi connectivity index (χ1v) is 46.4. The zero-order chi connectivity index (χ0) is 86.2. The highest BCUT2D eigenvalue weighted by atomic mass is 32.2. The van der Waals surface area contributed by atoms with E-state index in [1.54, 1.807) is 0 Å². The molecule has 117 heavy (non-hydrogen) atoms. The van der Waals surface area contributed by atoms with E-state index in [-0.39, 0.29) is 5.54 Å². The van der Waals surface area contributed by atoms with Gasteiger partial charge < -0.3 is 131 Å². The molecule has 9 unspecified atom stereocenters. The summed E-state index contributed by atoms with van der Waals surface area (Å²) >= 11 is 2.04. The summed E-state index contributed by atoms with van der Waals surface area (Å²) in [6.07, 6.45) is 6.67. The van der Waals surface area contributed by atoms with Crippen LogP contribution in [0.15, 0.2) is 0 Å². The van der Waals surface area contributed by atoms with Crippen LogP contribution in [-0.2, 0) is 56.8 Å². The predicted molar refractivity (Wildman–Crippen MR) is 465 cm³/mol. The molecular weight excluding hydrogens is 1510 g/mol. The van der Waals surface area contributed by atoms with Gasteiger partial charge in [-0.25, -0.2) is 0 Å². The van der Waals surface area contributed by atoms with E-state index in [2.05, 4.69) is 192 Å². The van der Waals surface area contributed by atoms with Crippen molar-refractivity contribution in [2.45, 2.75) is 198 Å². The third kappa shape index (κ3) is 47.0. The molecule has 28 nitrogen and oxygen atoms in total. The van der Waals surface area contributed by atoms with Crippen molar-refractivity contribution >= 4 is 11.8 Å². The van der Waals surface area contributed by atoms with Crippen molar-refractivity contribution in [2.24, 2.45) is 0 Å². The predicted octanol–water partition coefficient (Wildman–Crippen LogP) is -13.0. The topological polar surface area (TPSA) is 188 Å². The average molecular weight is 1690 g/mol. The molecule has 17 heterocycles. The first-order chi connectivity index (χ1) is 55.7. The maximum absolute atomic E-state index is 5.61. The summed E-state index contributed by atoms with van der Waals surface area (Å²) in [4.78, 5) is 21.5. The normalized spacial score (nSPS) is 38.3. The summed E-state index contributed by atoms with van der Waals surface area (Å²) < 4.78 is 63.7. The number of quaternary nitrogens is 14. The molecule has 17 fully saturated rings. The van der Waals surface area contributed by atoms with E-state index in [9.17, 15) is 0 Å². The lowest BCUT2D eigenvalue weighted by Gasteiger charge is -2.44. The molecule has 0 aromatic rings. The Morgan fingerprint density at radius 1 is 0.325 bits per heavy atom. The summed E-state index contributed by atoms with van der Waals surface area (Å²) in [5, 5.41) is 3.25. The minimum atomic E-state index is 0.220. The Bertz CT molecular complexity index is 2140. The van der Waals surface area contributed by atoms with Crippen LogP contribution in [0.1, 0.15) is 102 Å². The van der Waals surface area contributed by atoms with Gasteiger partial charge in [-0.3, -0.25) is 4.90 Å². The number of ether oxygens (including phenoxy) is 12. The van der Waals surface area contributed by atoms with E-state index in [4.69, 9.17) is 56.8 Å². The standard InChI is InChI=1S/C7H13NO2.2C7H13NO.4C7H15NO.C6H14N2.3C6H13NO.C5H12N2.C5H11NO.C5H11NS/c1-8-6-2-9-4-7(8)5-10-3-6;1-8-6-2-3-7(8)5-9-4-6;1-8-4-6-2-3-7(5-8)9-6;3*1-6-4-9-5-7(2)8(6)3;1-7(2)6-9-5-4-8(7)3;1-7-3-5-8(2)6-4-7;2*1-6-5-8-4-3-7(6)2;1-6-5-7(2)3-4-8-6;1-7-4-2-6-3-5-7;2*1-6-2-4-7-5-3-6/h6-8H,1-5H2;2*6-8H,1-5H2;3*6-8H,3-5H2,1-2H3;8H,3-6H2,1-2H3;7H,1,3-6H2,2H3;3*6-7H,2-5H2,1H3;6-7H,1-5H2;2*6H,1-5H2/t;;;6-,7+;2*6-,7-;;;3*6-;;;/m....10..101.../s1. The highest BCUT2D eigenvalue weighted by Crippen LogP contribution is 2.19. The van der Waals surface area contributed by atoms with Gasteiger partial charge in [0.2, 0.25) is 0 Å². The lowest BCUT2D eigenvalue weighted by Crippen LogP contribution is -3.19. The molecule has 6 bridgehead atoms. The van der Waals surface area contributed by atoms with E-state index < -0.39 is 0 Å². The SMILES string of the molecule is [CH2-][NH+]1C2CCC1COC2.[CH2-][NH+]1C2COCC1COC2.[CH2-][NH+]1CC2CCC(C1)O2.[CH2-][NH+]1CCN(C)CC1.[CH2-][NH+]1CCNCC1.[CH2-][NH+]1CCOCC1.[CH2-][NH+]1CCOCC1(C)C.[CH2-][NH+]1CCOC[C@@H]1C.[CH2-][NH+]1CCOC[C@H]1C.[CH2-][NH+]1CCO[C@H](C)C1.[CH2-][NH+]1CCSCC1.[CH2-][NH+]1[C@@H](C)COC[C@@H]1C.[CH2-][NH+]1[C@H](C)COC[C@@H]1C.[CH2-][NH+]1[C@H](C)COC[C@H]1C. The van der Waals surface area contributed by atoms with Gasteiger partial charge in [-0.05, 0) is 96.1 Å². The van der Waals surface area contributed by atoms with Crippen molar-refractivity contribution in [1.29, 1.82) is 0 Å². The van der Waals surface area contributed by atoms with E-state index in [0.29, 0.717) is 90.8 Å². The molecular formula is C88H186N16O12S. The first-order valence-electron chi connectivity index (χ1n) is 45.2. The zero-order valence-corrected chi connectivity index (χ0v) is 77.7. The number of likely N-dealkylation sites (N-methyl/N-ethyl adjacent to an activating group) is 1. The van der Waals surface area contributed by atoms with Crippen LogP contribution in [0.4, 0.5) is 0 Å². The van der Waals surface area contributed by atoms with Gasteiger partial charge >= 0.3 is 0 Å². The minimum absolute atomic E-state index is 0.220. The Kier molecular flexibility index (Phi) is 57.9. The molecule has 0 aliphatic carbocycles. The number of piperazine rings is 2. The third-order valence-electron chi connectivity index (χ3n) is 25.2. The van der Waals surface area contributed by atoms with Gasteiger partial charge in [0.1, 0.15) is 30.4 Å². The molecule has 696 valence electrons. The summed E-state index contributed by atoms with van der Waals surface area (Å²) in [6.45, 7) is 63.5. The molecule has 17 aliphatic heterocycles. The van der Waals surface area contributed by atoms with Crippen LogP contribution >= 0.6 is 11.8 Å². The number of nitrogens with zero attached hydrogens (tertiary/aromatic N) is 1. The van der Waals surface area contributed by atoms with Gasteiger partial charge in [-0.15, -0.1) is 7.05 Å². The zero-order valence-electron chi connectivity index (χ0n) is 76.8. The van der Waals surface area contributed by atoms with Crippen LogP contribution in [0.25, 0.3) is 0 Å². The fourth-order valence-electron chi connectivity index (χ4n) is 15.2. The quantitative estimate of drug-likeness (QED) is 0.103. The molecule has 0 aromatic carbocycles. The smallest absolute Gasteiger partial charge is 0.111 e. The number of thioether (sulfide) groups is 1. The van der Waals surface area contributed by atoms with Gasteiger partial charge in [0.25, 0.3) is 0 Å². The second-order valence-electron chi connectivity index (χ2n) is 36.7. The van der Waals surface area contributed by atoms with Crippen LogP contribution in [0.3, 0.4) is 0 Å². The van der Waals surface area contributed by atoms with Gasteiger partial charge in [0.15, 0.2) is 0 Å². The Balaban J connectivity index is 0.000000265. The maximum atomic E-state index is 5.61. The molecule has 29 heteroatoms. The highest BCUT2D eigenvalue weighted by molar-refractivity contribution is 7.99. The molecule has 0 radical (unpaired) electrons. The number of morpholine rings is 12. The second kappa shape index (κ2) is 62.4. The van der Waals surface area contributed by atoms with Crippen molar-refractivity contribution in [3.8, 4) is 0 Å². The number of rotatable bonds is 0. The van der Waals surface area contributed by atoms with Gasteiger partial charge in [-0.2, -0.15) is 103 Å². The van der Waals surface area contributed by atoms with Crippen LogP contribution in [0.2, 0.25) is 0 Å². The third-order valence-corrected chi connectivity index (χ3v) is 26.2. The number of hydrogen-bond donors (Lipinski definition) is 15. The lowest BCUT2D eigenvalue weighted by atomic mass is 10.0. The minimum Gasteiger partial charge on any atom is -0.466 e. The van der Waals surface area contributed by atoms with Crippen molar-refractivity contribution in [1.82, 2.24) is 10.2 Å². The maximum Gasteiger partial charge on any atom is 0.111 e. The van der Waals surface area contributed by atoms with Gasteiger partial charge in [-0.1, -0.05) is 0 Å². The van der Waals surface area contributed by atoms with Crippen molar-refractivity contribution in [3.05, 3.63) is 98.7 Å². The van der Waals surface area contributed by atoms with E-state index in [1.165, 1.54) is 158 Å². The molecule has 17 rings (SSSR count). The van der Waals surface area contributed by atoms with Crippen LogP contribution in [0, 0.1) is 98.7 Å². The molecule has 0 saturated carbocycles. The number of likely N-dealkylation sites (tertiary alicyclic amines) is 1. The number of hydrogen-bond acceptors (Lipinski definition) is 15. The Labute approximate surface area is 722 Å². The highest BCUT2D eigenvalue weighted by Gasteiger charge is 2.36. The molecule has 18 atom stereocenters. The second-order valence-corrected chi connectivity index (χ2v) is 37.9. The van der Waals surface area contributed by atoms with Crippen molar-refractivity contribution < 1.29 is 125 Å². The first kappa shape index (κ1) is 109. The van der Waals surface area contributed by atoms with Gasteiger partial charge in [0.05, 0.1) is 303 Å². The van der Waals surface area contributed by atoms with E-state index >= 15 is 0 Å². The van der Waals surface area contributed by atoms with E-state index in [0.717, 1.165) is 211 Å². The molecule has 17 saturated heterocycles. The molecule has 0 spiro atoms. The molecule has 17 aliphatic rings. The molecule has 15 N–H and O–H groups in total. The van der Waals surface area contributed by atoms with Gasteiger partial charge in [0, 0.05) is 50.5 Å². The largest absolute Gasteiger partial charge is 0.466 e. The number of fused-ring (bicyclic) bond motifs is 6. The fourth-order valence-corrected chi connectivity index (χ4v) is 16.3. The number of nitrogens with one attached hydrogen (secondary N) is 15. The van der Waals surface area contributed by atoms with Crippen LogP contribution < -0.4 is 73.9 Å². The molecule has 0 amide bonds. The van der Waals surface area contributed by atoms with Crippen molar-refractivity contribution in [2.75, 3.05) is 282 Å². The monoisotopic (exact) mass is 1690 g/mol. The van der Waals surface area contributed by atoms with Crippen molar-refractivity contribution in [3.63, 3.8) is 0 Å². The Morgan fingerprint density at radius 3 is 0.949 bits per heavy atom. The summed E-state index contributed by atoms with van der Waals surface area (Å²) in [5.41, 5.74) is 0.220. The van der Waals surface area contributed by atoms with Crippen LogP contribution in [-0.4, -0.2) is 383 Å². The Morgan fingerprint density at radius 2 is 0.675 bits per heavy atom. The summed E-state index contributed by atoms with van der Waals surface area (Å²) in [7, 11) is 57.5. The molecule has 0 aromatic heterocycles. The van der Waals surface area contributed by atoms with Crippen LogP contribution in [0.5, 0.6) is 0 Å². The fraction of sp³-hybridized carbons (Fsp3) is 0.841. The lowest BCUT2D eigenvalue weighted by molar-refractivity contribution is -0.926. The Hall–Kier alpha value is -0.770. The summed E-state index contributed by atoms with van der Waals surface area (Å²) in [5.74, 6) is 2.61. The van der Waals surface area contributed by atoms with E-state index in [1.807, 2.05) is 11.8 Å². The average Bonchev–Trinajstić information content (AvgIpc) is 1.77.